The lowest BCUT2D eigenvalue weighted by atomic mass is 10.2. The first-order valence-corrected chi connectivity index (χ1v) is 8.81. The molecule has 1 saturated heterocycles. The molecule has 0 amide bonds. The van der Waals surface area contributed by atoms with Crippen LogP contribution in [-0.4, -0.2) is 44.3 Å². The second kappa shape index (κ2) is 5.51. The zero-order valence-corrected chi connectivity index (χ0v) is 12.9. The normalized spacial score (nSPS) is 23.4. The molecule has 0 aromatic heterocycles. The van der Waals surface area contributed by atoms with Gasteiger partial charge in [0.25, 0.3) is 0 Å². The molecular weight excluding hydrogens is 288 g/mol. The van der Waals surface area contributed by atoms with E-state index < -0.39 is 10.0 Å². The van der Waals surface area contributed by atoms with Gasteiger partial charge in [-0.05, 0) is 38.3 Å². The summed E-state index contributed by atoms with van der Waals surface area (Å²) in [6.07, 6.45) is 3.35. The zero-order chi connectivity index (χ0) is 15.0. The summed E-state index contributed by atoms with van der Waals surface area (Å²) in [5.74, 6) is -0.0669. The number of nitrogens with zero attached hydrogens (tertiary/aromatic N) is 1. The quantitative estimate of drug-likeness (QED) is 0.835. The third-order valence-electron chi connectivity index (χ3n) is 4.18. The number of likely N-dealkylation sites (tertiary alicyclic amines) is 1. The molecule has 1 N–H and O–H groups in total. The molecular formula is C15H20N2O3S. The first-order chi connectivity index (χ1) is 9.95. The van der Waals surface area contributed by atoms with Gasteiger partial charge in [0, 0.05) is 30.7 Å². The van der Waals surface area contributed by atoms with E-state index in [-0.39, 0.29) is 16.7 Å². The lowest BCUT2D eigenvalue weighted by molar-refractivity contribution is 0.101. The Morgan fingerprint density at radius 1 is 1.19 bits per heavy atom. The number of sulfonamides is 1. The smallest absolute Gasteiger partial charge is 0.240 e. The van der Waals surface area contributed by atoms with Gasteiger partial charge in [-0.25, -0.2) is 13.1 Å². The predicted molar refractivity (Wildman–Crippen MR) is 79.8 cm³/mol. The number of carbonyl (C=O) groups excluding carboxylic acids is 1. The molecule has 21 heavy (non-hydrogen) atoms. The Balaban J connectivity index is 1.67. The largest absolute Gasteiger partial charge is 0.299 e. The monoisotopic (exact) mass is 308 g/mol. The lowest BCUT2D eigenvalue weighted by Crippen LogP contribution is -2.37. The van der Waals surface area contributed by atoms with Gasteiger partial charge in [-0.15, -0.1) is 0 Å². The van der Waals surface area contributed by atoms with Gasteiger partial charge < -0.3 is 0 Å². The number of hydrogen-bond donors (Lipinski definition) is 1. The standard InChI is InChI=1S/C15H20N2O3S/c1-11(18)12-2-6-15(7-3-12)21(19,20)16-13-8-9-17(10-13)14-4-5-14/h2-3,6-7,13-14,16H,4-5,8-10H2,1H3. The van der Waals surface area contributed by atoms with Crippen LogP contribution in [0.1, 0.15) is 36.5 Å². The molecule has 2 fully saturated rings. The van der Waals surface area contributed by atoms with E-state index in [0.29, 0.717) is 11.6 Å². The molecule has 1 aliphatic carbocycles. The van der Waals surface area contributed by atoms with Crippen LogP contribution in [0.3, 0.4) is 0 Å². The van der Waals surface area contributed by atoms with Gasteiger partial charge in [0.1, 0.15) is 0 Å². The van der Waals surface area contributed by atoms with Gasteiger partial charge in [0.15, 0.2) is 5.78 Å². The maximum atomic E-state index is 12.3. The molecule has 5 nitrogen and oxygen atoms in total. The Labute approximate surface area is 125 Å². The van der Waals surface area contributed by atoms with Gasteiger partial charge in [0.2, 0.25) is 10.0 Å². The van der Waals surface area contributed by atoms with Crippen LogP contribution >= 0.6 is 0 Å². The highest BCUT2D eigenvalue weighted by Gasteiger charge is 2.35. The van der Waals surface area contributed by atoms with Crippen LogP contribution in [0, 0.1) is 0 Å². The van der Waals surface area contributed by atoms with Crippen molar-refractivity contribution in [2.75, 3.05) is 13.1 Å². The highest BCUT2D eigenvalue weighted by Crippen LogP contribution is 2.30. The van der Waals surface area contributed by atoms with Crippen LogP contribution in [0.15, 0.2) is 29.2 Å². The Morgan fingerprint density at radius 3 is 2.43 bits per heavy atom. The number of carbonyl (C=O) groups is 1. The van der Waals surface area contributed by atoms with Crippen LogP contribution < -0.4 is 4.72 Å². The summed E-state index contributed by atoms with van der Waals surface area (Å²) in [6.45, 7) is 3.24. The lowest BCUT2D eigenvalue weighted by Gasteiger charge is -2.16. The Hall–Kier alpha value is -1.24. The van der Waals surface area contributed by atoms with Gasteiger partial charge in [-0.3, -0.25) is 9.69 Å². The molecule has 6 heteroatoms. The Morgan fingerprint density at radius 2 is 1.86 bits per heavy atom. The van der Waals surface area contributed by atoms with Crippen LogP contribution in [-0.2, 0) is 10.0 Å². The minimum Gasteiger partial charge on any atom is -0.299 e. The number of ketones is 1. The molecule has 1 aliphatic heterocycles. The third kappa shape index (κ3) is 3.33. The van der Waals surface area contributed by atoms with E-state index in [4.69, 9.17) is 0 Å². The van der Waals surface area contributed by atoms with E-state index in [2.05, 4.69) is 9.62 Å². The van der Waals surface area contributed by atoms with Crippen molar-refractivity contribution >= 4 is 15.8 Å². The molecule has 1 aromatic carbocycles. The molecule has 2 aliphatic rings. The first-order valence-electron chi connectivity index (χ1n) is 7.33. The highest BCUT2D eigenvalue weighted by atomic mass is 32.2. The van der Waals surface area contributed by atoms with Crippen molar-refractivity contribution < 1.29 is 13.2 Å². The topological polar surface area (TPSA) is 66.5 Å². The number of benzene rings is 1. The van der Waals surface area contributed by atoms with E-state index >= 15 is 0 Å². The molecule has 1 atom stereocenters. The second-order valence-electron chi connectivity index (χ2n) is 5.91. The van der Waals surface area contributed by atoms with Crippen molar-refractivity contribution in [2.24, 2.45) is 0 Å². The summed E-state index contributed by atoms with van der Waals surface area (Å²) in [7, 11) is -3.50. The second-order valence-corrected chi connectivity index (χ2v) is 7.63. The number of nitrogens with one attached hydrogen (secondary N) is 1. The van der Waals surface area contributed by atoms with Crippen LogP contribution in [0.4, 0.5) is 0 Å². The SMILES string of the molecule is CC(=O)c1ccc(S(=O)(=O)NC2CCN(C3CC3)C2)cc1. The summed E-state index contributed by atoms with van der Waals surface area (Å²) < 4.78 is 27.5. The van der Waals surface area contributed by atoms with Gasteiger partial charge in [-0.1, -0.05) is 12.1 Å². The molecule has 114 valence electrons. The third-order valence-corrected chi connectivity index (χ3v) is 5.71. The molecule has 1 aromatic rings. The summed E-state index contributed by atoms with van der Waals surface area (Å²) >= 11 is 0. The molecule has 0 bridgehead atoms. The van der Waals surface area contributed by atoms with Crippen LogP contribution in [0.2, 0.25) is 0 Å². The van der Waals surface area contributed by atoms with Gasteiger partial charge >= 0.3 is 0 Å². The van der Waals surface area contributed by atoms with Gasteiger partial charge in [-0.2, -0.15) is 0 Å². The van der Waals surface area contributed by atoms with E-state index in [1.165, 1.54) is 31.9 Å². The fraction of sp³-hybridized carbons (Fsp3) is 0.533. The van der Waals surface area contributed by atoms with Crippen LogP contribution in [0.5, 0.6) is 0 Å². The van der Waals surface area contributed by atoms with Crippen molar-refractivity contribution in [3.05, 3.63) is 29.8 Å². The fourth-order valence-corrected chi connectivity index (χ4v) is 4.07. The molecule has 0 spiro atoms. The zero-order valence-electron chi connectivity index (χ0n) is 12.1. The fourth-order valence-electron chi connectivity index (χ4n) is 2.81. The van der Waals surface area contributed by atoms with Crippen molar-refractivity contribution in [3.63, 3.8) is 0 Å². The average molecular weight is 308 g/mol. The van der Waals surface area contributed by atoms with Gasteiger partial charge in [0.05, 0.1) is 4.90 Å². The van der Waals surface area contributed by atoms with Crippen molar-refractivity contribution in [1.82, 2.24) is 9.62 Å². The minimum atomic E-state index is -3.50. The maximum absolute atomic E-state index is 12.3. The minimum absolute atomic E-state index is 0.0110. The molecule has 1 saturated carbocycles. The molecule has 3 rings (SSSR count). The average Bonchev–Trinajstić information content (AvgIpc) is 3.20. The van der Waals surface area contributed by atoms with Crippen molar-refractivity contribution in [3.8, 4) is 0 Å². The predicted octanol–water partition coefficient (Wildman–Crippen LogP) is 1.40. The number of rotatable bonds is 5. The summed E-state index contributed by atoms with van der Waals surface area (Å²) in [4.78, 5) is 13.8. The Bertz CT molecular complexity index is 635. The van der Waals surface area contributed by atoms with E-state index in [1.54, 1.807) is 12.1 Å². The summed E-state index contributed by atoms with van der Waals surface area (Å²) in [5.41, 5.74) is 0.523. The maximum Gasteiger partial charge on any atom is 0.240 e. The molecule has 1 unspecified atom stereocenters. The summed E-state index contributed by atoms with van der Waals surface area (Å²) in [5, 5.41) is 0. The highest BCUT2D eigenvalue weighted by molar-refractivity contribution is 7.89. The summed E-state index contributed by atoms with van der Waals surface area (Å²) in [6, 6.07) is 6.76. The van der Waals surface area contributed by atoms with E-state index in [1.807, 2.05) is 0 Å². The number of Topliss-reactive ketones (excluding diaryl/α,β-unsaturated/α-hetero) is 1. The number of hydrogen-bond acceptors (Lipinski definition) is 4. The Kier molecular flexibility index (Phi) is 3.86. The first kappa shape index (κ1) is 14.7. The van der Waals surface area contributed by atoms with Crippen molar-refractivity contribution in [1.29, 1.82) is 0 Å². The molecule has 0 radical (unpaired) electrons. The van der Waals surface area contributed by atoms with Crippen LogP contribution in [0.25, 0.3) is 0 Å². The van der Waals surface area contributed by atoms with E-state index in [9.17, 15) is 13.2 Å². The van der Waals surface area contributed by atoms with Crippen molar-refractivity contribution in [2.45, 2.75) is 43.2 Å². The van der Waals surface area contributed by atoms with E-state index in [0.717, 1.165) is 19.5 Å². The molecule has 1 heterocycles.